The second-order valence-electron chi connectivity index (χ2n) is 5.45. The summed E-state index contributed by atoms with van der Waals surface area (Å²) in [6.07, 6.45) is 0. The van der Waals surface area contributed by atoms with E-state index in [2.05, 4.69) is 0 Å². The van der Waals surface area contributed by atoms with E-state index >= 15 is 0 Å². The Bertz CT molecular complexity index is 434. The van der Waals surface area contributed by atoms with E-state index in [1.165, 1.54) is 0 Å². The molecule has 1 atom stereocenters. The molecule has 1 unspecified atom stereocenters. The molecule has 3 nitrogen and oxygen atoms in total. The van der Waals surface area contributed by atoms with Gasteiger partial charge in [-0.3, -0.25) is 0 Å². The Morgan fingerprint density at radius 1 is 1.06 bits per heavy atom. The molecule has 0 amide bonds. The summed E-state index contributed by atoms with van der Waals surface area (Å²) in [5.41, 5.74) is 1.05. The summed E-state index contributed by atoms with van der Waals surface area (Å²) >= 11 is 0. The van der Waals surface area contributed by atoms with Crippen molar-refractivity contribution in [2.75, 3.05) is 14.2 Å². The first-order chi connectivity index (χ1) is 8.17. The highest BCUT2D eigenvalue weighted by Gasteiger charge is 2.44. The van der Waals surface area contributed by atoms with E-state index in [9.17, 15) is 5.11 Å². The van der Waals surface area contributed by atoms with Gasteiger partial charge in [0.05, 0.1) is 12.7 Å². The minimum absolute atomic E-state index is 0.697. The highest BCUT2D eigenvalue weighted by Crippen LogP contribution is 2.41. The molecule has 0 fully saturated rings. The first kappa shape index (κ1) is 15.0. The molecule has 0 spiro atoms. The van der Waals surface area contributed by atoms with Crippen LogP contribution in [0, 0.1) is 13.8 Å². The average molecular weight is 252 g/mol. The number of methoxy groups -OCH3 is 2. The molecule has 1 aromatic rings. The number of benzene rings is 1. The number of aryl methyl sites for hydroxylation is 2. The second kappa shape index (κ2) is 4.90. The summed E-state index contributed by atoms with van der Waals surface area (Å²) in [6.45, 7) is 9.48. The molecule has 0 aromatic heterocycles. The fourth-order valence-corrected chi connectivity index (χ4v) is 2.21. The highest BCUT2D eigenvalue weighted by atomic mass is 16.5. The molecular formula is C15H24O3. The van der Waals surface area contributed by atoms with Crippen LogP contribution in [0.1, 0.15) is 37.5 Å². The number of aliphatic hydroxyl groups is 1. The lowest BCUT2D eigenvalue weighted by atomic mass is 9.78. The molecule has 1 aromatic carbocycles. The van der Waals surface area contributed by atoms with Crippen LogP contribution in [0.4, 0.5) is 0 Å². The standard InChI is InChI=1S/C15H24O3/c1-10-8-11(2)13(12(9-10)17-6)15(5,16)14(3,4)18-7/h8-9,16H,1-7H3. The van der Waals surface area contributed by atoms with Crippen LogP contribution in [0.15, 0.2) is 12.1 Å². The van der Waals surface area contributed by atoms with Gasteiger partial charge in [-0.15, -0.1) is 0 Å². The first-order valence-electron chi connectivity index (χ1n) is 6.10. The Kier molecular flexibility index (Phi) is 4.08. The second-order valence-corrected chi connectivity index (χ2v) is 5.45. The quantitative estimate of drug-likeness (QED) is 0.895. The predicted molar refractivity (Wildman–Crippen MR) is 73.1 cm³/mol. The molecule has 102 valence electrons. The van der Waals surface area contributed by atoms with Crippen molar-refractivity contribution in [2.45, 2.75) is 45.8 Å². The lowest BCUT2D eigenvalue weighted by Gasteiger charge is -2.40. The third-order valence-corrected chi connectivity index (χ3v) is 3.83. The lowest BCUT2D eigenvalue weighted by molar-refractivity contribution is -0.146. The van der Waals surface area contributed by atoms with Crippen molar-refractivity contribution in [2.24, 2.45) is 0 Å². The third kappa shape index (κ3) is 2.38. The van der Waals surface area contributed by atoms with Crippen LogP contribution in [-0.2, 0) is 10.3 Å². The Labute approximate surface area is 110 Å². The van der Waals surface area contributed by atoms with Crippen molar-refractivity contribution in [1.82, 2.24) is 0 Å². The van der Waals surface area contributed by atoms with Crippen molar-refractivity contribution in [3.63, 3.8) is 0 Å². The van der Waals surface area contributed by atoms with Crippen molar-refractivity contribution in [1.29, 1.82) is 0 Å². The lowest BCUT2D eigenvalue weighted by Crippen LogP contribution is -2.47. The van der Waals surface area contributed by atoms with Crippen LogP contribution in [0.3, 0.4) is 0 Å². The van der Waals surface area contributed by atoms with Crippen LogP contribution in [0.2, 0.25) is 0 Å². The van der Waals surface area contributed by atoms with Gasteiger partial charge in [-0.2, -0.15) is 0 Å². The maximum Gasteiger partial charge on any atom is 0.125 e. The van der Waals surface area contributed by atoms with E-state index in [4.69, 9.17) is 9.47 Å². The third-order valence-electron chi connectivity index (χ3n) is 3.83. The molecule has 18 heavy (non-hydrogen) atoms. The number of ether oxygens (including phenoxy) is 2. The van der Waals surface area contributed by atoms with Gasteiger partial charge in [0.1, 0.15) is 11.4 Å². The van der Waals surface area contributed by atoms with Gasteiger partial charge in [-0.05, 0) is 51.8 Å². The van der Waals surface area contributed by atoms with Crippen LogP contribution < -0.4 is 4.74 Å². The van der Waals surface area contributed by atoms with Crippen LogP contribution in [0.5, 0.6) is 5.75 Å². The van der Waals surface area contributed by atoms with Crippen LogP contribution in [-0.4, -0.2) is 24.9 Å². The van der Waals surface area contributed by atoms with Gasteiger partial charge in [0.15, 0.2) is 0 Å². The van der Waals surface area contributed by atoms with Crippen molar-refractivity contribution >= 4 is 0 Å². The topological polar surface area (TPSA) is 38.7 Å². The zero-order chi connectivity index (χ0) is 14.1. The van der Waals surface area contributed by atoms with Gasteiger partial charge >= 0.3 is 0 Å². The first-order valence-corrected chi connectivity index (χ1v) is 6.10. The van der Waals surface area contributed by atoms with E-state index < -0.39 is 11.2 Å². The molecule has 0 saturated heterocycles. The summed E-state index contributed by atoms with van der Waals surface area (Å²) in [7, 11) is 3.22. The SMILES string of the molecule is COc1cc(C)cc(C)c1C(C)(O)C(C)(C)OC. The molecule has 0 aliphatic rings. The van der Waals surface area contributed by atoms with Gasteiger partial charge in [0.25, 0.3) is 0 Å². The molecule has 0 aliphatic heterocycles. The smallest absolute Gasteiger partial charge is 0.125 e. The van der Waals surface area contributed by atoms with Crippen molar-refractivity contribution in [3.05, 3.63) is 28.8 Å². The van der Waals surface area contributed by atoms with E-state index in [0.717, 1.165) is 16.7 Å². The average Bonchev–Trinajstić information content (AvgIpc) is 2.26. The summed E-state index contributed by atoms with van der Waals surface area (Å²) in [5.74, 6) is 0.697. The van der Waals surface area contributed by atoms with Crippen molar-refractivity contribution < 1.29 is 14.6 Å². The van der Waals surface area contributed by atoms with E-state index in [1.54, 1.807) is 21.1 Å². The molecular weight excluding hydrogens is 228 g/mol. The summed E-state index contributed by atoms with van der Waals surface area (Å²) < 4.78 is 10.9. The van der Waals surface area contributed by atoms with Gasteiger partial charge < -0.3 is 14.6 Å². The molecule has 0 aliphatic carbocycles. The summed E-state index contributed by atoms with van der Waals surface area (Å²) in [6, 6.07) is 3.97. The maximum absolute atomic E-state index is 10.9. The Morgan fingerprint density at radius 3 is 2.06 bits per heavy atom. The number of rotatable bonds is 4. The van der Waals surface area contributed by atoms with Crippen LogP contribution in [0.25, 0.3) is 0 Å². The van der Waals surface area contributed by atoms with Crippen LogP contribution >= 0.6 is 0 Å². The highest BCUT2D eigenvalue weighted by molar-refractivity contribution is 5.47. The monoisotopic (exact) mass is 252 g/mol. The molecule has 3 heteroatoms. The molecule has 0 heterocycles. The summed E-state index contributed by atoms with van der Waals surface area (Å²) in [5, 5.41) is 10.9. The van der Waals surface area contributed by atoms with E-state index in [-0.39, 0.29) is 0 Å². The molecule has 0 radical (unpaired) electrons. The zero-order valence-corrected chi connectivity index (χ0v) is 12.4. The fourth-order valence-electron chi connectivity index (χ4n) is 2.21. The van der Waals surface area contributed by atoms with Gasteiger partial charge in [0.2, 0.25) is 0 Å². The molecule has 0 saturated carbocycles. The number of hydrogen-bond donors (Lipinski definition) is 1. The minimum atomic E-state index is -1.13. The predicted octanol–water partition coefficient (Wildman–Crippen LogP) is 2.94. The summed E-state index contributed by atoms with van der Waals surface area (Å²) in [4.78, 5) is 0. The Morgan fingerprint density at radius 2 is 1.61 bits per heavy atom. The fraction of sp³-hybridized carbons (Fsp3) is 0.600. The van der Waals surface area contributed by atoms with E-state index in [1.807, 2.05) is 39.8 Å². The minimum Gasteiger partial charge on any atom is -0.496 e. The zero-order valence-electron chi connectivity index (χ0n) is 12.4. The Hall–Kier alpha value is -1.06. The molecule has 1 rings (SSSR count). The maximum atomic E-state index is 10.9. The number of hydrogen-bond acceptors (Lipinski definition) is 3. The van der Waals surface area contributed by atoms with E-state index in [0.29, 0.717) is 5.75 Å². The van der Waals surface area contributed by atoms with Gasteiger partial charge in [0, 0.05) is 12.7 Å². The van der Waals surface area contributed by atoms with Crippen molar-refractivity contribution in [3.8, 4) is 5.75 Å². The van der Waals surface area contributed by atoms with Gasteiger partial charge in [-0.1, -0.05) is 6.07 Å². The Balaban J connectivity index is 3.49. The van der Waals surface area contributed by atoms with Gasteiger partial charge in [-0.25, -0.2) is 0 Å². The molecule has 1 N–H and O–H groups in total. The largest absolute Gasteiger partial charge is 0.496 e. The normalized spacial score (nSPS) is 15.3. The molecule has 0 bridgehead atoms.